The number of aliphatic carboxylic acids is 1. The number of nitrogens with zero attached hydrogens (tertiary/aromatic N) is 1. The molecule has 1 aliphatic carbocycles. The van der Waals surface area contributed by atoms with Crippen LogP contribution in [-0.2, 0) is 16.1 Å². The zero-order chi connectivity index (χ0) is 19.2. The van der Waals surface area contributed by atoms with Crippen molar-refractivity contribution in [3.63, 3.8) is 0 Å². The zero-order valence-electron chi connectivity index (χ0n) is 15.5. The molecular weight excluding hydrogens is 352 g/mol. The monoisotopic (exact) mass is 378 g/mol. The van der Waals surface area contributed by atoms with Crippen LogP contribution in [0.25, 0.3) is 0 Å². The normalized spacial score (nSPS) is 20.3. The number of carboxylic acids is 1. The van der Waals surface area contributed by atoms with Crippen LogP contribution < -0.4 is 14.8 Å². The molecule has 0 radical (unpaired) electrons. The Morgan fingerprint density at radius 2 is 2.11 bits per heavy atom. The van der Waals surface area contributed by atoms with Crippen LogP contribution in [0.4, 0.5) is 4.79 Å². The summed E-state index contributed by atoms with van der Waals surface area (Å²) in [6, 6.07) is 5.28. The SMILES string of the molecule is COc1cccc(CNC(=O)N2CCOC(C(=O)O)C2)c1OC1CCCC1. The topological polar surface area (TPSA) is 97.3 Å². The fourth-order valence-electron chi connectivity index (χ4n) is 3.43. The summed E-state index contributed by atoms with van der Waals surface area (Å²) in [6.45, 7) is 0.872. The Balaban J connectivity index is 1.64. The third kappa shape index (κ3) is 4.82. The molecule has 1 atom stereocenters. The molecule has 1 aromatic rings. The number of rotatable bonds is 6. The van der Waals surface area contributed by atoms with Gasteiger partial charge in [0.1, 0.15) is 0 Å². The van der Waals surface area contributed by atoms with E-state index in [1.54, 1.807) is 7.11 Å². The van der Waals surface area contributed by atoms with E-state index < -0.39 is 12.1 Å². The summed E-state index contributed by atoms with van der Waals surface area (Å²) in [6.07, 6.45) is 3.55. The van der Waals surface area contributed by atoms with Crippen LogP contribution in [-0.4, -0.2) is 61.0 Å². The van der Waals surface area contributed by atoms with Gasteiger partial charge in [0.05, 0.1) is 26.4 Å². The number of para-hydroxylation sites is 1. The average molecular weight is 378 g/mol. The summed E-state index contributed by atoms with van der Waals surface area (Å²) in [5.74, 6) is 0.246. The molecule has 27 heavy (non-hydrogen) atoms. The lowest BCUT2D eigenvalue weighted by atomic mass is 10.1. The molecule has 1 aromatic carbocycles. The van der Waals surface area contributed by atoms with Crippen molar-refractivity contribution >= 4 is 12.0 Å². The summed E-state index contributed by atoms with van der Waals surface area (Å²) in [4.78, 5) is 25.0. The van der Waals surface area contributed by atoms with Crippen molar-refractivity contribution in [1.82, 2.24) is 10.2 Å². The maximum absolute atomic E-state index is 12.4. The maximum atomic E-state index is 12.4. The molecule has 0 bridgehead atoms. The Kier molecular flexibility index (Phi) is 6.39. The third-order valence-electron chi connectivity index (χ3n) is 4.93. The summed E-state index contributed by atoms with van der Waals surface area (Å²) in [7, 11) is 1.60. The average Bonchev–Trinajstić information content (AvgIpc) is 3.20. The molecule has 2 N–H and O–H groups in total. The highest BCUT2D eigenvalue weighted by Gasteiger charge is 2.29. The van der Waals surface area contributed by atoms with Gasteiger partial charge in [-0.15, -0.1) is 0 Å². The van der Waals surface area contributed by atoms with Crippen LogP contribution in [0.2, 0.25) is 0 Å². The number of hydrogen-bond acceptors (Lipinski definition) is 5. The highest BCUT2D eigenvalue weighted by atomic mass is 16.5. The Labute approximate surface area is 158 Å². The standard InChI is InChI=1S/C19H26N2O6/c1-25-15-8-4-5-13(17(15)27-14-6-2-3-7-14)11-20-19(24)21-9-10-26-16(12-21)18(22)23/h4-5,8,14,16H,2-3,6-7,9-12H2,1H3,(H,20,24)(H,22,23). The van der Waals surface area contributed by atoms with Gasteiger partial charge in [0.2, 0.25) is 0 Å². The minimum absolute atomic E-state index is 0.0324. The number of morpholine rings is 1. The second kappa shape index (κ2) is 8.94. The van der Waals surface area contributed by atoms with Gasteiger partial charge < -0.3 is 29.5 Å². The first-order valence-electron chi connectivity index (χ1n) is 9.28. The number of ether oxygens (including phenoxy) is 3. The number of carbonyl (C=O) groups is 2. The van der Waals surface area contributed by atoms with E-state index in [4.69, 9.17) is 19.3 Å². The number of carbonyl (C=O) groups excluding carboxylic acids is 1. The first-order valence-corrected chi connectivity index (χ1v) is 9.28. The molecule has 2 fully saturated rings. The number of benzene rings is 1. The molecule has 2 aliphatic rings. The van der Waals surface area contributed by atoms with Crippen molar-refractivity contribution in [2.24, 2.45) is 0 Å². The van der Waals surface area contributed by atoms with Crippen molar-refractivity contribution in [3.8, 4) is 11.5 Å². The van der Waals surface area contributed by atoms with Gasteiger partial charge in [-0.1, -0.05) is 12.1 Å². The van der Waals surface area contributed by atoms with Crippen molar-refractivity contribution < 1.29 is 28.9 Å². The maximum Gasteiger partial charge on any atom is 0.334 e. The van der Waals surface area contributed by atoms with E-state index in [0.717, 1.165) is 31.2 Å². The molecule has 8 heteroatoms. The molecule has 148 valence electrons. The quantitative estimate of drug-likeness (QED) is 0.786. The number of methoxy groups -OCH3 is 1. The van der Waals surface area contributed by atoms with Crippen LogP contribution in [0.3, 0.4) is 0 Å². The zero-order valence-corrected chi connectivity index (χ0v) is 15.5. The third-order valence-corrected chi connectivity index (χ3v) is 4.93. The smallest absolute Gasteiger partial charge is 0.334 e. The van der Waals surface area contributed by atoms with E-state index in [-0.39, 0.29) is 31.8 Å². The van der Waals surface area contributed by atoms with E-state index >= 15 is 0 Å². The minimum Gasteiger partial charge on any atom is -0.493 e. The number of nitrogens with one attached hydrogen (secondary N) is 1. The first kappa shape index (κ1) is 19.3. The van der Waals surface area contributed by atoms with Gasteiger partial charge in [-0.2, -0.15) is 0 Å². The van der Waals surface area contributed by atoms with Crippen LogP contribution in [0.5, 0.6) is 11.5 Å². The van der Waals surface area contributed by atoms with Crippen LogP contribution >= 0.6 is 0 Å². The molecule has 1 saturated heterocycles. The lowest BCUT2D eigenvalue weighted by molar-refractivity contribution is -0.154. The second-order valence-electron chi connectivity index (χ2n) is 6.78. The highest BCUT2D eigenvalue weighted by molar-refractivity contribution is 5.77. The Morgan fingerprint density at radius 1 is 1.33 bits per heavy atom. The largest absolute Gasteiger partial charge is 0.493 e. The van der Waals surface area contributed by atoms with Crippen LogP contribution in [0.15, 0.2) is 18.2 Å². The molecule has 0 aromatic heterocycles. The lowest BCUT2D eigenvalue weighted by Gasteiger charge is -2.31. The Hall–Kier alpha value is -2.48. The molecule has 1 unspecified atom stereocenters. The predicted octanol–water partition coefficient (Wildman–Crippen LogP) is 2.01. The van der Waals surface area contributed by atoms with Gasteiger partial charge in [0.25, 0.3) is 0 Å². The van der Waals surface area contributed by atoms with Crippen molar-refractivity contribution in [3.05, 3.63) is 23.8 Å². The van der Waals surface area contributed by atoms with Gasteiger partial charge in [-0.25, -0.2) is 9.59 Å². The van der Waals surface area contributed by atoms with Crippen molar-refractivity contribution in [2.45, 2.75) is 44.4 Å². The lowest BCUT2D eigenvalue weighted by Crippen LogP contribution is -2.51. The minimum atomic E-state index is -1.06. The van der Waals surface area contributed by atoms with E-state index in [0.29, 0.717) is 18.0 Å². The number of amides is 2. The van der Waals surface area contributed by atoms with Gasteiger partial charge in [-0.05, 0) is 31.7 Å². The number of urea groups is 1. The van der Waals surface area contributed by atoms with Crippen LogP contribution in [0, 0.1) is 0 Å². The van der Waals surface area contributed by atoms with Gasteiger partial charge in [-0.3, -0.25) is 0 Å². The number of hydrogen-bond donors (Lipinski definition) is 2. The van der Waals surface area contributed by atoms with Gasteiger partial charge in [0, 0.05) is 18.7 Å². The molecule has 8 nitrogen and oxygen atoms in total. The second-order valence-corrected chi connectivity index (χ2v) is 6.78. The first-order chi connectivity index (χ1) is 13.1. The summed E-state index contributed by atoms with van der Waals surface area (Å²) < 4.78 is 16.7. The van der Waals surface area contributed by atoms with E-state index in [1.165, 1.54) is 4.90 Å². The molecule has 1 heterocycles. The van der Waals surface area contributed by atoms with Gasteiger partial charge >= 0.3 is 12.0 Å². The Bertz CT molecular complexity index is 674. The number of carboxylic acid groups (broad SMARTS) is 1. The molecule has 2 amide bonds. The fraction of sp³-hybridized carbons (Fsp3) is 0.579. The molecular formula is C19H26N2O6. The summed E-state index contributed by atoms with van der Waals surface area (Å²) in [5.41, 5.74) is 0.831. The van der Waals surface area contributed by atoms with Crippen molar-refractivity contribution in [2.75, 3.05) is 26.8 Å². The van der Waals surface area contributed by atoms with E-state index in [9.17, 15) is 9.59 Å². The molecule has 3 rings (SSSR count). The molecule has 0 spiro atoms. The Morgan fingerprint density at radius 3 is 2.81 bits per heavy atom. The van der Waals surface area contributed by atoms with E-state index in [2.05, 4.69) is 5.32 Å². The molecule has 1 aliphatic heterocycles. The summed E-state index contributed by atoms with van der Waals surface area (Å²) >= 11 is 0. The fourth-order valence-corrected chi connectivity index (χ4v) is 3.43. The van der Waals surface area contributed by atoms with E-state index in [1.807, 2.05) is 18.2 Å². The van der Waals surface area contributed by atoms with Gasteiger partial charge in [0.15, 0.2) is 17.6 Å². The van der Waals surface area contributed by atoms with Crippen molar-refractivity contribution in [1.29, 1.82) is 0 Å². The van der Waals surface area contributed by atoms with Crippen LogP contribution in [0.1, 0.15) is 31.2 Å². The highest BCUT2D eigenvalue weighted by Crippen LogP contribution is 2.34. The predicted molar refractivity (Wildman–Crippen MR) is 97.1 cm³/mol. The summed E-state index contributed by atoms with van der Waals surface area (Å²) in [5, 5.41) is 11.9. The molecule has 1 saturated carbocycles.